The molecule has 0 aliphatic carbocycles. The van der Waals surface area contributed by atoms with Crippen molar-refractivity contribution >= 4 is 11.6 Å². The van der Waals surface area contributed by atoms with Crippen LogP contribution in [0, 0.1) is 0 Å². The SMILES string of the molecule is O=C(CN1CCC(=NO)CC1)NCc1ccccc1. The third-order valence-corrected chi connectivity index (χ3v) is 3.27. The van der Waals surface area contributed by atoms with Crippen molar-refractivity contribution in [2.75, 3.05) is 19.6 Å². The Kier molecular flexibility index (Phi) is 4.92. The molecule has 0 atom stereocenters. The monoisotopic (exact) mass is 261 g/mol. The Bertz CT molecular complexity index is 435. The predicted octanol–water partition coefficient (Wildman–Crippen LogP) is 1.23. The molecule has 0 spiro atoms. The first-order valence-corrected chi connectivity index (χ1v) is 6.50. The van der Waals surface area contributed by atoms with Crippen molar-refractivity contribution in [3.05, 3.63) is 35.9 Å². The van der Waals surface area contributed by atoms with E-state index in [1.54, 1.807) is 0 Å². The van der Waals surface area contributed by atoms with Crippen LogP contribution in [0.3, 0.4) is 0 Å². The van der Waals surface area contributed by atoms with Gasteiger partial charge >= 0.3 is 0 Å². The lowest BCUT2D eigenvalue weighted by atomic mass is 10.1. The maximum atomic E-state index is 11.8. The Hall–Kier alpha value is -1.88. The van der Waals surface area contributed by atoms with Crippen LogP contribution in [-0.4, -0.2) is 41.4 Å². The van der Waals surface area contributed by atoms with Crippen LogP contribution in [0.1, 0.15) is 18.4 Å². The highest BCUT2D eigenvalue weighted by Gasteiger charge is 2.17. The van der Waals surface area contributed by atoms with E-state index in [1.807, 2.05) is 30.3 Å². The molecule has 0 aromatic heterocycles. The Morgan fingerprint density at radius 2 is 1.95 bits per heavy atom. The van der Waals surface area contributed by atoms with Gasteiger partial charge in [-0.05, 0) is 5.56 Å². The molecule has 0 bridgehead atoms. The third kappa shape index (κ3) is 4.37. The molecule has 5 nitrogen and oxygen atoms in total. The molecule has 1 aromatic carbocycles. The van der Waals surface area contributed by atoms with E-state index in [4.69, 9.17) is 5.21 Å². The van der Waals surface area contributed by atoms with E-state index >= 15 is 0 Å². The van der Waals surface area contributed by atoms with Gasteiger partial charge in [-0.15, -0.1) is 0 Å². The summed E-state index contributed by atoms with van der Waals surface area (Å²) in [5.41, 5.74) is 1.92. The zero-order valence-electron chi connectivity index (χ0n) is 10.9. The Labute approximate surface area is 112 Å². The number of carbonyl (C=O) groups excluding carboxylic acids is 1. The van der Waals surface area contributed by atoms with Gasteiger partial charge in [-0.2, -0.15) is 0 Å². The fourth-order valence-corrected chi connectivity index (χ4v) is 2.12. The summed E-state index contributed by atoms with van der Waals surface area (Å²) in [4.78, 5) is 13.9. The maximum Gasteiger partial charge on any atom is 0.234 e. The molecular formula is C14H19N3O2. The van der Waals surface area contributed by atoms with Crippen LogP contribution >= 0.6 is 0 Å². The molecule has 19 heavy (non-hydrogen) atoms. The summed E-state index contributed by atoms with van der Waals surface area (Å²) in [7, 11) is 0. The first-order chi connectivity index (χ1) is 9.28. The minimum absolute atomic E-state index is 0.0354. The van der Waals surface area contributed by atoms with E-state index < -0.39 is 0 Å². The molecule has 1 fully saturated rings. The van der Waals surface area contributed by atoms with Crippen molar-refractivity contribution in [1.29, 1.82) is 0 Å². The van der Waals surface area contributed by atoms with Crippen molar-refractivity contribution in [2.24, 2.45) is 5.16 Å². The van der Waals surface area contributed by atoms with Crippen LogP contribution in [0.2, 0.25) is 0 Å². The number of nitrogens with zero attached hydrogens (tertiary/aromatic N) is 2. The molecule has 5 heteroatoms. The molecule has 1 saturated heterocycles. The smallest absolute Gasteiger partial charge is 0.234 e. The average molecular weight is 261 g/mol. The summed E-state index contributed by atoms with van der Waals surface area (Å²) in [5.74, 6) is 0.0354. The topological polar surface area (TPSA) is 64.9 Å². The number of hydrogen-bond acceptors (Lipinski definition) is 4. The van der Waals surface area contributed by atoms with Gasteiger partial charge in [0.1, 0.15) is 0 Å². The number of nitrogens with one attached hydrogen (secondary N) is 1. The number of oxime groups is 1. The summed E-state index contributed by atoms with van der Waals surface area (Å²) >= 11 is 0. The second-order valence-electron chi connectivity index (χ2n) is 4.70. The number of hydrogen-bond donors (Lipinski definition) is 2. The lowest BCUT2D eigenvalue weighted by Crippen LogP contribution is -2.41. The number of amides is 1. The molecule has 0 radical (unpaired) electrons. The highest BCUT2D eigenvalue weighted by molar-refractivity contribution is 5.85. The normalized spacial score (nSPS) is 16.1. The van der Waals surface area contributed by atoms with Gasteiger partial charge in [0, 0.05) is 32.5 Å². The van der Waals surface area contributed by atoms with E-state index in [0.717, 1.165) is 37.2 Å². The number of likely N-dealkylation sites (tertiary alicyclic amines) is 1. The van der Waals surface area contributed by atoms with Gasteiger partial charge in [-0.3, -0.25) is 9.69 Å². The quantitative estimate of drug-likeness (QED) is 0.633. The molecule has 0 saturated carbocycles. The average Bonchev–Trinajstić information content (AvgIpc) is 2.47. The van der Waals surface area contributed by atoms with Gasteiger partial charge < -0.3 is 10.5 Å². The molecule has 2 rings (SSSR count). The van der Waals surface area contributed by atoms with Crippen molar-refractivity contribution in [2.45, 2.75) is 19.4 Å². The fourth-order valence-electron chi connectivity index (χ4n) is 2.12. The van der Waals surface area contributed by atoms with Gasteiger partial charge in [0.25, 0.3) is 0 Å². The standard InChI is InChI=1S/C14H19N3O2/c18-14(15-10-12-4-2-1-3-5-12)11-17-8-6-13(16-19)7-9-17/h1-5,19H,6-11H2,(H,15,18). The van der Waals surface area contributed by atoms with Gasteiger partial charge in [0.05, 0.1) is 12.3 Å². The van der Waals surface area contributed by atoms with Gasteiger partial charge in [0.2, 0.25) is 5.91 Å². The molecule has 102 valence electrons. The number of carbonyl (C=O) groups is 1. The van der Waals surface area contributed by atoms with Crippen molar-refractivity contribution in [3.63, 3.8) is 0 Å². The number of benzene rings is 1. The second kappa shape index (κ2) is 6.89. The predicted molar refractivity (Wildman–Crippen MR) is 73.2 cm³/mol. The van der Waals surface area contributed by atoms with Gasteiger partial charge in [-0.25, -0.2) is 0 Å². The molecule has 1 aromatic rings. The fraction of sp³-hybridized carbons (Fsp3) is 0.429. The van der Waals surface area contributed by atoms with Crippen LogP contribution in [0.4, 0.5) is 0 Å². The minimum atomic E-state index is 0.0354. The molecular weight excluding hydrogens is 242 g/mol. The Balaban J connectivity index is 1.70. The Morgan fingerprint density at radius 3 is 2.58 bits per heavy atom. The van der Waals surface area contributed by atoms with E-state index in [2.05, 4.69) is 15.4 Å². The van der Waals surface area contributed by atoms with Crippen LogP contribution in [-0.2, 0) is 11.3 Å². The summed E-state index contributed by atoms with van der Waals surface area (Å²) in [6.45, 7) is 2.53. The van der Waals surface area contributed by atoms with E-state index in [1.165, 1.54) is 0 Å². The number of piperidine rings is 1. The van der Waals surface area contributed by atoms with Crippen LogP contribution in [0.15, 0.2) is 35.5 Å². The molecule has 1 aliphatic heterocycles. The molecule has 0 unspecified atom stereocenters. The van der Waals surface area contributed by atoms with E-state index in [-0.39, 0.29) is 5.91 Å². The van der Waals surface area contributed by atoms with Gasteiger partial charge in [-0.1, -0.05) is 35.5 Å². The van der Waals surface area contributed by atoms with Crippen LogP contribution in [0.25, 0.3) is 0 Å². The second-order valence-corrected chi connectivity index (χ2v) is 4.70. The summed E-state index contributed by atoms with van der Waals surface area (Å²) < 4.78 is 0. The highest BCUT2D eigenvalue weighted by Crippen LogP contribution is 2.06. The van der Waals surface area contributed by atoms with Crippen LogP contribution < -0.4 is 5.32 Å². The Morgan fingerprint density at radius 1 is 1.26 bits per heavy atom. The van der Waals surface area contributed by atoms with Crippen molar-refractivity contribution < 1.29 is 10.0 Å². The molecule has 2 N–H and O–H groups in total. The zero-order chi connectivity index (χ0) is 13.5. The van der Waals surface area contributed by atoms with Crippen molar-refractivity contribution in [3.8, 4) is 0 Å². The first kappa shape index (κ1) is 13.5. The van der Waals surface area contributed by atoms with Gasteiger partial charge in [0.15, 0.2) is 0 Å². The number of rotatable bonds is 4. The first-order valence-electron chi connectivity index (χ1n) is 6.50. The molecule has 1 aliphatic rings. The lowest BCUT2D eigenvalue weighted by molar-refractivity contribution is -0.122. The highest BCUT2D eigenvalue weighted by atomic mass is 16.4. The van der Waals surface area contributed by atoms with E-state index in [9.17, 15) is 4.79 Å². The lowest BCUT2D eigenvalue weighted by Gasteiger charge is -2.26. The van der Waals surface area contributed by atoms with E-state index in [0.29, 0.717) is 13.1 Å². The molecule has 1 amide bonds. The summed E-state index contributed by atoms with van der Waals surface area (Å²) in [5, 5.41) is 14.8. The van der Waals surface area contributed by atoms with Crippen LogP contribution in [0.5, 0.6) is 0 Å². The summed E-state index contributed by atoms with van der Waals surface area (Å²) in [6.07, 6.45) is 1.48. The third-order valence-electron chi connectivity index (χ3n) is 3.27. The largest absolute Gasteiger partial charge is 0.411 e. The maximum absolute atomic E-state index is 11.8. The minimum Gasteiger partial charge on any atom is -0.411 e. The molecule has 1 heterocycles. The summed E-state index contributed by atoms with van der Waals surface area (Å²) in [6, 6.07) is 9.86. The van der Waals surface area contributed by atoms with Crippen molar-refractivity contribution in [1.82, 2.24) is 10.2 Å². The zero-order valence-corrected chi connectivity index (χ0v) is 10.9.